The SMILES string of the molecule is CC(C)C(CN)CNc1ccccc1-n1cnnn1. The summed E-state index contributed by atoms with van der Waals surface area (Å²) >= 11 is 0. The first-order chi connectivity index (χ1) is 9.22. The fourth-order valence-corrected chi connectivity index (χ4v) is 1.93. The molecule has 0 aliphatic rings. The molecule has 0 fully saturated rings. The molecule has 2 aromatic rings. The first-order valence-electron chi connectivity index (χ1n) is 6.48. The van der Waals surface area contributed by atoms with E-state index in [-0.39, 0.29) is 0 Å². The minimum absolute atomic E-state index is 0.446. The second kappa shape index (κ2) is 6.29. The molecule has 0 aliphatic heterocycles. The molecule has 102 valence electrons. The molecule has 1 unspecified atom stereocenters. The quantitative estimate of drug-likeness (QED) is 0.818. The van der Waals surface area contributed by atoms with E-state index in [1.54, 1.807) is 11.0 Å². The van der Waals surface area contributed by atoms with Gasteiger partial charge in [-0.25, -0.2) is 0 Å². The Kier molecular flexibility index (Phi) is 4.46. The Balaban J connectivity index is 2.13. The van der Waals surface area contributed by atoms with Gasteiger partial charge in [0.15, 0.2) is 0 Å². The fraction of sp³-hybridized carbons (Fsp3) is 0.462. The Labute approximate surface area is 113 Å². The zero-order valence-electron chi connectivity index (χ0n) is 11.3. The number of rotatable bonds is 6. The maximum absolute atomic E-state index is 5.79. The van der Waals surface area contributed by atoms with Crippen LogP contribution in [0.3, 0.4) is 0 Å². The van der Waals surface area contributed by atoms with Crippen LogP contribution in [0.5, 0.6) is 0 Å². The lowest BCUT2D eigenvalue weighted by atomic mass is 9.96. The van der Waals surface area contributed by atoms with Gasteiger partial charge in [-0.3, -0.25) is 0 Å². The highest BCUT2D eigenvalue weighted by Crippen LogP contribution is 2.19. The monoisotopic (exact) mass is 260 g/mol. The highest BCUT2D eigenvalue weighted by atomic mass is 15.5. The highest BCUT2D eigenvalue weighted by molar-refractivity contribution is 5.60. The van der Waals surface area contributed by atoms with E-state index in [0.717, 1.165) is 17.9 Å². The number of hydrogen-bond acceptors (Lipinski definition) is 5. The van der Waals surface area contributed by atoms with E-state index < -0.39 is 0 Å². The number of benzene rings is 1. The summed E-state index contributed by atoms with van der Waals surface area (Å²) in [5.41, 5.74) is 7.74. The standard InChI is InChI=1S/C13H20N6/c1-10(2)11(7-14)8-15-12-5-3-4-6-13(12)19-9-16-17-18-19/h3-6,9-11,15H,7-8,14H2,1-2H3. The molecule has 1 aromatic carbocycles. The molecular formula is C13H20N6. The van der Waals surface area contributed by atoms with Crippen LogP contribution < -0.4 is 11.1 Å². The number of tetrazole rings is 1. The van der Waals surface area contributed by atoms with E-state index >= 15 is 0 Å². The smallest absolute Gasteiger partial charge is 0.143 e. The largest absolute Gasteiger partial charge is 0.383 e. The molecule has 0 saturated heterocycles. The van der Waals surface area contributed by atoms with Crippen molar-refractivity contribution in [3.63, 3.8) is 0 Å². The molecule has 1 heterocycles. The molecule has 2 rings (SSSR count). The van der Waals surface area contributed by atoms with Crippen molar-refractivity contribution in [1.29, 1.82) is 0 Å². The second-order valence-electron chi connectivity index (χ2n) is 4.89. The van der Waals surface area contributed by atoms with Gasteiger partial charge in [-0.05, 0) is 40.9 Å². The molecular weight excluding hydrogens is 240 g/mol. The lowest BCUT2D eigenvalue weighted by Crippen LogP contribution is -2.27. The number of anilines is 1. The van der Waals surface area contributed by atoms with Crippen molar-refractivity contribution in [2.75, 3.05) is 18.4 Å². The van der Waals surface area contributed by atoms with Gasteiger partial charge in [-0.1, -0.05) is 26.0 Å². The predicted molar refractivity (Wildman–Crippen MR) is 75.0 cm³/mol. The summed E-state index contributed by atoms with van der Waals surface area (Å²) in [5, 5.41) is 14.7. The Morgan fingerprint density at radius 2 is 2.11 bits per heavy atom. The van der Waals surface area contributed by atoms with Crippen LogP contribution in [0.1, 0.15) is 13.8 Å². The number of nitrogens with one attached hydrogen (secondary N) is 1. The molecule has 6 heteroatoms. The average molecular weight is 260 g/mol. The van der Waals surface area contributed by atoms with E-state index in [0.29, 0.717) is 18.4 Å². The predicted octanol–water partition coefficient (Wildman–Crippen LogP) is 1.31. The Hall–Kier alpha value is -1.95. The summed E-state index contributed by atoms with van der Waals surface area (Å²) in [6, 6.07) is 7.95. The van der Waals surface area contributed by atoms with Crippen molar-refractivity contribution < 1.29 is 0 Å². The third-order valence-corrected chi connectivity index (χ3v) is 3.30. The van der Waals surface area contributed by atoms with E-state index in [2.05, 4.69) is 34.7 Å². The fourth-order valence-electron chi connectivity index (χ4n) is 1.93. The van der Waals surface area contributed by atoms with Crippen LogP contribution >= 0.6 is 0 Å². The molecule has 19 heavy (non-hydrogen) atoms. The van der Waals surface area contributed by atoms with E-state index in [4.69, 9.17) is 5.73 Å². The van der Waals surface area contributed by atoms with E-state index in [1.807, 2.05) is 24.3 Å². The van der Waals surface area contributed by atoms with Gasteiger partial charge >= 0.3 is 0 Å². The first kappa shape index (κ1) is 13.5. The van der Waals surface area contributed by atoms with Crippen molar-refractivity contribution >= 4 is 5.69 Å². The van der Waals surface area contributed by atoms with Gasteiger partial charge in [0, 0.05) is 6.54 Å². The van der Waals surface area contributed by atoms with Gasteiger partial charge in [0.2, 0.25) is 0 Å². The second-order valence-corrected chi connectivity index (χ2v) is 4.89. The van der Waals surface area contributed by atoms with Gasteiger partial charge in [0.1, 0.15) is 6.33 Å². The first-order valence-corrected chi connectivity index (χ1v) is 6.48. The molecule has 0 radical (unpaired) electrons. The summed E-state index contributed by atoms with van der Waals surface area (Å²) in [4.78, 5) is 0. The molecule has 0 amide bonds. The van der Waals surface area contributed by atoms with Crippen LogP contribution in [-0.2, 0) is 0 Å². The van der Waals surface area contributed by atoms with Crippen LogP contribution in [0.15, 0.2) is 30.6 Å². The highest BCUT2D eigenvalue weighted by Gasteiger charge is 2.12. The summed E-state index contributed by atoms with van der Waals surface area (Å²) in [6.45, 7) is 5.89. The lowest BCUT2D eigenvalue weighted by molar-refractivity contribution is 0.413. The maximum atomic E-state index is 5.79. The average Bonchev–Trinajstić information content (AvgIpc) is 2.93. The number of hydrogen-bond donors (Lipinski definition) is 2. The molecule has 1 aromatic heterocycles. The van der Waals surface area contributed by atoms with Crippen LogP contribution in [0, 0.1) is 11.8 Å². The van der Waals surface area contributed by atoms with Gasteiger partial charge in [0.25, 0.3) is 0 Å². The Bertz CT molecular complexity index is 494. The van der Waals surface area contributed by atoms with Crippen LogP contribution in [0.2, 0.25) is 0 Å². The minimum Gasteiger partial charge on any atom is -0.383 e. The van der Waals surface area contributed by atoms with Crippen molar-refractivity contribution in [2.45, 2.75) is 13.8 Å². The van der Waals surface area contributed by atoms with Gasteiger partial charge in [0.05, 0.1) is 11.4 Å². The number of para-hydroxylation sites is 2. The van der Waals surface area contributed by atoms with Gasteiger partial charge in [-0.2, -0.15) is 4.68 Å². The number of aromatic nitrogens is 4. The summed E-state index contributed by atoms with van der Waals surface area (Å²) in [7, 11) is 0. The number of nitrogens with zero attached hydrogens (tertiary/aromatic N) is 4. The van der Waals surface area contributed by atoms with Gasteiger partial charge < -0.3 is 11.1 Å². The summed E-state index contributed by atoms with van der Waals surface area (Å²) < 4.78 is 1.65. The zero-order valence-corrected chi connectivity index (χ0v) is 11.3. The van der Waals surface area contributed by atoms with Crippen LogP contribution in [0.25, 0.3) is 5.69 Å². The third-order valence-electron chi connectivity index (χ3n) is 3.30. The third kappa shape index (κ3) is 3.29. The summed E-state index contributed by atoms with van der Waals surface area (Å²) in [6.07, 6.45) is 1.59. The van der Waals surface area contributed by atoms with Gasteiger partial charge in [-0.15, -0.1) is 5.10 Å². The zero-order chi connectivity index (χ0) is 13.7. The van der Waals surface area contributed by atoms with E-state index in [9.17, 15) is 0 Å². The van der Waals surface area contributed by atoms with E-state index in [1.165, 1.54) is 0 Å². The molecule has 1 atom stereocenters. The topological polar surface area (TPSA) is 81.6 Å². The van der Waals surface area contributed by atoms with Crippen LogP contribution in [0.4, 0.5) is 5.69 Å². The van der Waals surface area contributed by atoms with Crippen molar-refractivity contribution in [3.8, 4) is 5.69 Å². The molecule has 0 bridgehead atoms. The van der Waals surface area contributed by atoms with Crippen LogP contribution in [-0.4, -0.2) is 33.3 Å². The maximum Gasteiger partial charge on any atom is 0.143 e. The number of nitrogens with two attached hydrogens (primary N) is 1. The Morgan fingerprint density at radius 3 is 2.74 bits per heavy atom. The van der Waals surface area contributed by atoms with Crippen molar-refractivity contribution in [1.82, 2.24) is 20.2 Å². The van der Waals surface area contributed by atoms with Crippen molar-refractivity contribution in [3.05, 3.63) is 30.6 Å². The molecule has 0 aliphatic carbocycles. The van der Waals surface area contributed by atoms with Crippen molar-refractivity contribution in [2.24, 2.45) is 17.6 Å². The molecule has 3 N–H and O–H groups in total. The minimum atomic E-state index is 0.446. The Morgan fingerprint density at radius 1 is 1.32 bits per heavy atom. The molecule has 6 nitrogen and oxygen atoms in total. The lowest BCUT2D eigenvalue weighted by Gasteiger charge is -2.20. The normalized spacial score (nSPS) is 12.6. The summed E-state index contributed by atoms with van der Waals surface area (Å²) in [5.74, 6) is 1.000. The molecule has 0 saturated carbocycles. The molecule has 0 spiro atoms.